The van der Waals surface area contributed by atoms with E-state index >= 15 is 0 Å². The lowest BCUT2D eigenvalue weighted by atomic mass is 9.85. The molecule has 2 aliphatic heterocycles. The topological polar surface area (TPSA) is 79.7 Å². The van der Waals surface area contributed by atoms with E-state index in [0.29, 0.717) is 10.8 Å². The summed E-state index contributed by atoms with van der Waals surface area (Å²) in [5.41, 5.74) is 4.46. The molecule has 0 amide bonds. The zero-order valence-electron chi connectivity index (χ0n) is 14.6. The van der Waals surface area contributed by atoms with Crippen LogP contribution in [0.2, 0.25) is 5.02 Å². The number of nitrogens with zero attached hydrogens (tertiary/aromatic N) is 3. The van der Waals surface area contributed by atoms with Crippen LogP contribution in [0.15, 0.2) is 30.6 Å². The zero-order valence-corrected chi connectivity index (χ0v) is 15.4. The van der Waals surface area contributed by atoms with Crippen molar-refractivity contribution in [1.29, 1.82) is 0 Å². The van der Waals surface area contributed by atoms with Crippen LogP contribution in [-0.2, 0) is 10.3 Å². The second-order valence-corrected chi connectivity index (χ2v) is 7.21. The van der Waals surface area contributed by atoms with E-state index in [1.807, 2.05) is 12.1 Å². The Kier molecular flexibility index (Phi) is 4.48. The highest BCUT2D eigenvalue weighted by atomic mass is 35.5. The van der Waals surface area contributed by atoms with E-state index in [1.165, 1.54) is 0 Å². The van der Waals surface area contributed by atoms with E-state index < -0.39 is 5.54 Å². The molecular weight excluding hydrogens is 356 g/mol. The van der Waals surface area contributed by atoms with Gasteiger partial charge in [-0.25, -0.2) is 0 Å². The maximum atomic E-state index is 10.1. The van der Waals surface area contributed by atoms with Crippen LogP contribution in [-0.4, -0.2) is 47.2 Å². The van der Waals surface area contributed by atoms with Gasteiger partial charge >= 0.3 is 0 Å². The smallest absolute Gasteiger partial charge is 0.173 e. The normalized spacial score (nSPS) is 27.9. The molecule has 1 aromatic carbocycles. The number of hydrogen-bond acceptors (Lipinski definition) is 7. The van der Waals surface area contributed by atoms with Crippen LogP contribution in [0, 0.1) is 0 Å². The van der Waals surface area contributed by atoms with E-state index in [2.05, 4.69) is 34.4 Å². The van der Waals surface area contributed by atoms with Gasteiger partial charge in [-0.15, -0.1) is 5.48 Å². The molecule has 0 radical (unpaired) electrons. The van der Waals surface area contributed by atoms with E-state index in [4.69, 9.17) is 21.2 Å². The predicted molar refractivity (Wildman–Crippen MR) is 97.3 cm³/mol. The second-order valence-electron chi connectivity index (χ2n) is 6.84. The molecule has 0 bridgehead atoms. The van der Waals surface area contributed by atoms with Gasteiger partial charge in [0.25, 0.3) is 0 Å². The van der Waals surface area contributed by atoms with Gasteiger partial charge in [-0.3, -0.25) is 0 Å². The molecule has 1 saturated heterocycles. The second kappa shape index (κ2) is 6.66. The van der Waals surface area contributed by atoms with E-state index in [9.17, 15) is 5.11 Å². The first-order valence-corrected chi connectivity index (χ1v) is 8.98. The number of nitrogens with one attached hydrogen (secondary N) is 1. The van der Waals surface area contributed by atoms with Crippen molar-refractivity contribution in [2.24, 2.45) is 0 Å². The van der Waals surface area contributed by atoms with Crippen LogP contribution in [0.3, 0.4) is 0 Å². The van der Waals surface area contributed by atoms with E-state index in [0.717, 1.165) is 29.9 Å². The fraction of sp³-hybridized carbons (Fsp3) is 0.444. The minimum atomic E-state index is -0.918. The lowest BCUT2D eigenvalue weighted by Crippen LogP contribution is -2.45. The largest absolute Gasteiger partial charge is 0.405 e. The third-order valence-electron chi connectivity index (χ3n) is 4.94. The molecule has 138 valence electrons. The summed E-state index contributed by atoms with van der Waals surface area (Å²) in [5, 5.41) is 18.4. The van der Waals surface area contributed by atoms with Crippen molar-refractivity contribution in [3.8, 4) is 5.75 Å². The Labute approximate surface area is 156 Å². The Morgan fingerprint density at radius 2 is 2.04 bits per heavy atom. The molecule has 1 unspecified atom stereocenters. The molecule has 7 nitrogen and oxygen atoms in total. The summed E-state index contributed by atoms with van der Waals surface area (Å²) < 4.78 is 5.80. The minimum absolute atomic E-state index is 0.126. The highest BCUT2D eigenvalue weighted by Gasteiger charge is 2.44. The average Bonchev–Trinajstić information content (AvgIpc) is 3.03. The molecule has 2 aromatic rings. The van der Waals surface area contributed by atoms with Crippen molar-refractivity contribution in [1.82, 2.24) is 15.7 Å². The van der Waals surface area contributed by atoms with Crippen LogP contribution in [0.25, 0.3) is 0 Å². The van der Waals surface area contributed by atoms with Gasteiger partial charge in [-0.05, 0) is 26.0 Å². The quantitative estimate of drug-likeness (QED) is 0.846. The summed E-state index contributed by atoms with van der Waals surface area (Å²) >= 11 is 6.70. The fourth-order valence-corrected chi connectivity index (χ4v) is 4.08. The lowest BCUT2D eigenvalue weighted by molar-refractivity contribution is -0.00522. The molecule has 2 N–H and O–H groups in total. The van der Waals surface area contributed by atoms with Gasteiger partial charge < -0.3 is 19.6 Å². The molecule has 3 heterocycles. The van der Waals surface area contributed by atoms with Gasteiger partial charge in [0.1, 0.15) is 10.6 Å². The predicted octanol–water partition coefficient (Wildman–Crippen LogP) is 1.88. The van der Waals surface area contributed by atoms with Gasteiger partial charge in [-0.1, -0.05) is 17.7 Å². The summed E-state index contributed by atoms with van der Waals surface area (Å²) in [6, 6.07) is 5.71. The van der Waals surface area contributed by atoms with Crippen LogP contribution in [0.1, 0.15) is 25.0 Å². The number of anilines is 1. The Balaban J connectivity index is 1.75. The highest BCUT2D eigenvalue weighted by molar-refractivity contribution is 6.35. The van der Waals surface area contributed by atoms with E-state index in [1.54, 1.807) is 18.5 Å². The highest BCUT2D eigenvalue weighted by Crippen LogP contribution is 2.47. The third kappa shape index (κ3) is 2.72. The third-order valence-corrected chi connectivity index (χ3v) is 5.30. The summed E-state index contributed by atoms with van der Waals surface area (Å²) in [4.78, 5) is 7.93. The number of aliphatic hydroxyl groups excluding tert-OH is 1. The van der Waals surface area contributed by atoms with Gasteiger partial charge in [0.2, 0.25) is 0 Å². The molecule has 8 heteroatoms. The lowest BCUT2D eigenvalue weighted by Gasteiger charge is -2.37. The van der Waals surface area contributed by atoms with Crippen molar-refractivity contribution in [3.05, 3.63) is 46.7 Å². The molecular formula is C18H21ClN4O3. The van der Waals surface area contributed by atoms with Crippen LogP contribution in [0.4, 0.5) is 5.69 Å². The molecule has 2 aliphatic rings. The van der Waals surface area contributed by atoms with Gasteiger partial charge in [0.15, 0.2) is 5.75 Å². The fourth-order valence-electron chi connectivity index (χ4n) is 3.76. The number of fused-ring (bicyclic) bond motifs is 1. The number of ether oxygens (including phenoxy) is 1. The number of aromatic nitrogens is 2. The monoisotopic (exact) mass is 376 g/mol. The molecule has 0 aliphatic carbocycles. The number of morpholine rings is 1. The summed E-state index contributed by atoms with van der Waals surface area (Å²) in [5.74, 6) is 0.529. The Hall–Kier alpha value is -1.93. The number of hydrogen-bond donors (Lipinski definition) is 2. The van der Waals surface area contributed by atoms with Crippen LogP contribution < -0.4 is 15.2 Å². The van der Waals surface area contributed by atoms with E-state index in [-0.39, 0.29) is 18.8 Å². The summed E-state index contributed by atoms with van der Waals surface area (Å²) in [7, 11) is 0. The Morgan fingerprint density at radius 3 is 2.69 bits per heavy atom. The maximum Gasteiger partial charge on any atom is 0.173 e. The number of halogens is 1. The van der Waals surface area contributed by atoms with Crippen LogP contribution in [0.5, 0.6) is 5.75 Å². The molecule has 0 spiro atoms. The standard InChI is InChI=1S/C18H21ClN4O3/c1-11-8-23(9-12(2)25-11)15-4-3-14-17(16(15)19)26-22-18(14,10-24)13-5-6-20-21-7-13/h3-7,11-12,22,24H,8-10H2,1-2H3/t11-,12+,18?. The van der Waals surface area contributed by atoms with Crippen molar-refractivity contribution >= 4 is 17.3 Å². The molecule has 1 aromatic heterocycles. The first-order valence-electron chi connectivity index (χ1n) is 8.60. The Morgan fingerprint density at radius 1 is 1.27 bits per heavy atom. The molecule has 26 heavy (non-hydrogen) atoms. The van der Waals surface area contributed by atoms with Crippen molar-refractivity contribution in [2.75, 3.05) is 24.6 Å². The maximum absolute atomic E-state index is 10.1. The van der Waals surface area contributed by atoms with Crippen molar-refractivity contribution < 1.29 is 14.7 Å². The van der Waals surface area contributed by atoms with Crippen LogP contribution >= 0.6 is 11.6 Å². The number of benzene rings is 1. The first kappa shape index (κ1) is 17.5. The van der Waals surface area contributed by atoms with Crippen molar-refractivity contribution in [2.45, 2.75) is 31.6 Å². The first-order chi connectivity index (χ1) is 12.5. The van der Waals surface area contributed by atoms with Gasteiger partial charge in [0.05, 0.1) is 30.7 Å². The number of hydroxylamine groups is 1. The Bertz CT molecular complexity index is 797. The average molecular weight is 377 g/mol. The molecule has 3 atom stereocenters. The number of aliphatic hydroxyl groups is 1. The summed E-state index contributed by atoms with van der Waals surface area (Å²) in [6.45, 7) is 5.42. The molecule has 0 saturated carbocycles. The van der Waals surface area contributed by atoms with Gasteiger partial charge in [0, 0.05) is 30.4 Å². The number of rotatable bonds is 3. The van der Waals surface area contributed by atoms with Crippen molar-refractivity contribution in [3.63, 3.8) is 0 Å². The SMILES string of the molecule is C[C@@H]1CN(c2ccc3c(c2Cl)ONC3(CO)c2ccnnc2)C[C@H](C)O1. The molecule has 4 rings (SSSR count). The minimum Gasteiger partial charge on any atom is -0.405 e. The van der Waals surface area contributed by atoms with Gasteiger partial charge in [-0.2, -0.15) is 10.2 Å². The summed E-state index contributed by atoms with van der Waals surface area (Å²) in [6.07, 6.45) is 3.44. The zero-order chi connectivity index (χ0) is 18.3. The molecule has 1 fully saturated rings.